The molecule has 0 amide bonds. The fourth-order valence-corrected chi connectivity index (χ4v) is 4.63. The zero-order chi connectivity index (χ0) is 13.3. The molecule has 0 radical (unpaired) electrons. The Balaban J connectivity index is 0.00000115. The van der Waals surface area contributed by atoms with E-state index in [0.29, 0.717) is 6.04 Å². The van der Waals surface area contributed by atoms with Crippen molar-refractivity contribution in [2.75, 3.05) is 13.7 Å². The maximum Gasteiger partial charge on any atom is 0.166 e. The summed E-state index contributed by atoms with van der Waals surface area (Å²) in [6.07, 6.45) is 8.97. The number of allylic oxidation sites excluding steroid dienone is 2. The predicted octanol–water partition coefficient (Wildman–Crippen LogP) is 2.53. The Morgan fingerprint density at radius 2 is 2.29 bits per heavy atom. The lowest BCUT2D eigenvalue weighted by atomic mass is 9.58. The van der Waals surface area contributed by atoms with Crippen LogP contribution in [-0.2, 0) is 11.8 Å². The number of hydrogen-bond donors (Lipinski definition) is 1. The number of nitrogens with one attached hydrogen (secondary N) is 1. The van der Waals surface area contributed by atoms with Gasteiger partial charge in [-0.2, -0.15) is 0 Å². The minimum absolute atomic E-state index is 0. The molecule has 2 aliphatic carbocycles. The van der Waals surface area contributed by atoms with Gasteiger partial charge in [0, 0.05) is 11.6 Å². The Bertz CT molecular complexity index is 682. The molecule has 3 nitrogen and oxygen atoms in total. The third-order valence-corrected chi connectivity index (χ3v) is 5.39. The Labute approximate surface area is 130 Å². The molecule has 1 N–H and O–H groups in total. The van der Waals surface area contributed by atoms with Crippen molar-refractivity contribution in [3.05, 3.63) is 47.1 Å². The second-order valence-electron chi connectivity index (χ2n) is 6.11. The first-order valence-corrected chi connectivity index (χ1v) is 7.34. The largest absolute Gasteiger partial charge is 0.493 e. The van der Waals surface area contributed by atoms with Crippen LogP contribution in [0.5, 0.6) is 11.5 Å². The Morgan fingerprint density at radius 3 is 3.14 bits per heavy atom. The van der Waals surface area contributed by atoms with E-state index in [1.807, 2.05) is 0 Å². The normalized spacial score (nSPS) is 33.5. The van der Waals surface area contributed by atoms with E-state index in [-0.39, 0.29) is 23.9 Å². The Hall–Kier alpha value is -1.45. The van der Waals surface area contributed by atoms with Crippen molar-refractivity contribution in [3.63, 3.8) is 0 Å². The van der Waals surface area contributed by atoms with Crippen molar-refractivity contribution in [2.45, 2.75) is 30.4 Å². The number of methoxy groups -OCH3 is 1. The third-order valence-electron chi connectivity index (χ3n) is 5.39. The van der Waals surface area contributed by atoms with E-state index >= 15 is 0 Å². The molecule has 1 saturated heterocycles. The standard InChI is InChI=1S/C17H17NO2.ClH/c1-19-13-6-5-10-9-12-11-3-2-4-14-17(11,7-8-18-12)15(10)16(13)20-14;/h2-6,12,14,18H,7-9H2,1H3;1H/t12?,14-,17?;/m0./s1. The van der Waals surface area contributed by atoms with E-state index in [2.05, 4.69) is 35.7 Å². The number of rotatable bonds is 1. The fourth-order valence-electron chi connectivity index (χ4n) is 4.63. The minimum Gasteiger partial charge on any atom is -0.493 e. The summed E-state index contributed by atoms with van der Waals surface area (Å²) >= 11 is 0. The van der Waals surface area contributed by atoms with Gasteiger partial charge in [0.25, 0.3) is 0 Å². The topological polar surface area (TPSA) is 30.5 Å². The summed E-state index contributed by atoms with van der Waals surface area (Å²) in [5.41, 5.74) is 4.39. The lowest BCUT2D eigenvalue weighted by Crippen LogP contribution is -2.57. The van der Waals surface area contributed by atoms with Crippen molar-refractivity contribution < 1.29 is 9.47 Å². The summed E-state index contributed by atoms with van der Waals surface area (Å²) in [4.78, 5) is 0. The van der Waals surface area contributed by atoms with E-state index in [1.165, 1.54) is 16.7 Å². The van der Waals surface area contributed by atoms with Gasteiger partial charge in [-0.3, -0.25) is 0 Å². The number of ether oxygens (including phenoxy) is 2. The zero-order valence-electron chi connectivity index (χ0n) is 11.9. The van der Waals surface area contributed by atoms with Crippen molar-refractivity contribution in [2.24, 2.45) is 0 Å². The molecule has 2 aliphatic heterocycles. The number of piperidine rings is 1. The van der Waals surface area contributed by atoms with Gasteiger partial charge in [-0.05, 0) is 42.7 Å². The maximum absolute atomic E-state index is 6.32. The average molecular weight is 304 g/mol. The lowest BCUT2D eigenvalue weighted by molar-refractivity contribution is 0.173. The van der Waals surface area contributed by atoms with E-state index in [9.17, 15) is 0 Å². The summed E-state index contributed by atoms with van der Waals surface area (Å²) < 4.78 is 11.8. The molecule has 2 heterocycles. The van der Waals surface area contributed by atoms with Crippen LogP contribution < -0.4 is 14.8 Å². The molecule has 2 bridgehead atoms. The Kier molecular flexibility index (Phi) is 2.69. The van der Waals surface area contributed by atoms with Crippen LogP contribution >= 0.6 is 12.4 Å². The van der Waals surface area contributed by atoms with E-state index in [0.717, 1.165) is 30.9 Å². The molecule has 21 heavy (non-hydrogen) atoms. The van der Waals surface area contributed by atoms with Gasteiger partial charge in [-0.15, -0.1) is 12.4 Å². The van der Waals surface area contributed by atoms with Crippen LogP contribution in [0.2, 0.25) is 0 Å². The Morgan fingerprint density at radius 1 is 1.38 bits per heavy atom. The highest BCUT2D eigenvalue weighted by Crippen LogP contribution is 2.60. The van der Waals surface area contributed by atoms with Crippen molar-refractivity contribution in [1.29, 1.82) is 0 Å². The molecule has 4 aliphatic rings. The van der Waals surface area contributed by atoms with Crippen LogP contribution in [0.4, 0.5) is 0 Å². The van der Waals surface area contributed by atoms with E-state index in [1.54, 1.807) is 7.11 Å². The van der Waals surface area contributed by atoms with Crippen LogP contribution in [0.1, 0.15) is 17.5 Å². The average Bonchev–Trinajstić information content (AvgIpc) is 2.80. The second-order valence-corrected chi connectivity index (χ2v) is 6.11. The van der Waals surface area contributed by atoms with Crippen LogP contribution in [-0.4, -0.2) is 25.8 Å². The monoisotopic (exact) mass is 303 g/mol. The van der Waals surface area contributed by atoms with Crippen molar-refractivity contribution in [1.82, 2.24) is 5.32 Å². The first-order valence-electron chi connectivity index (χ1n) is 7.34. The van der Waals surface area contributed by atoms with E-state index in [4.69, 9.17) is 9.47 Å². The molecule has 5 rings (SSSR count). The van der Waals surface area contributed by atoms with Gasteiger partial charge in [-0.1, -0.05) is 18.2 Å². The van der Waals surface area contributed by atoms with Gasteiger partial charge in [-0.25, -0.2) is 0 Å². The first-order chi connectivity index (χ1) is 9.84. The predicted molar refractivity (Wildman–Crippen MR) is 83.7 cm³/mol. The summed E-state index contributed by atoms with van der Waals surface area (Å²) in [7, 11) is 1.72. The van der Waals surface area contributed by atoms with Crippen LogP contribution in [0.15, 0.2) is 35.9 Å². The molecule has 4 heteroatoms. The molecule has 110 valence electrons. The molecule has 0 saturated carbocycles. The molecule has 1 fully saturated rings. The van der Waals surface area contributed by atoms with Gasteiger partial charge < -0.3 is 14.8 Å². The number of halogens is 1. The number of hydrogen-bond acceptors (Lipinski definition) is 3. The van der Waals surface area contributed by atoms with Gasteiger partial charge >= 0.3 is 0 Å². The highest BCUT2D eigenvalue weighted by atomic mass is 35.5. The highest BCUT2D eigenvalue weighted by molar-refractivity contribution is 5.85. The minimum atomic E-state index is 0. The number of benzene rings is 1. The fraction of sp³-hybridized carbons (Fsp3) is 0.412. The molecule has 1 spiro atoms. The smallest absolute Gasteiger partial charge is 0.166 e. The van der Waals surface area contributed by atoms with Gasteiger partial charge in [0.05, 0.1) is 12.5 Å². The second kappa shape index (κ2) is 4.28. The molecule has 3 atom stereocenters. The highest BCUT2D eigenvalue weighted by Gasteiger charge is 2.58. The molecule has 2 unspecified atom stereocenters. The molecular formula is C17H18ClNO2. The van der Waals surface area contributed by atoms with Gasteiger partial charge in [0.2, 0.25) is 0 Å². The summed E-state index contributed by atoms with van der Waals surface area (Å²) in [5.74, 6) is 1.85. The molecule has 1 aromatic carbocycles. The van der Waals surface area contributed by atoms with Crippen LogP contribution in [0.25, 0.3) is 0 Å². The SMILES string of the molecule is COc1ccc2c3c1O[C@H]1C=CC=C4C(C2)NCCC431.Cl. The summed E-state index contributed by atoms with van der Waals surface area (Å²) in [5, 5.41) is 3.67. The molecular weight excluding hydrogens is 286 g/mol. The van der Waals surface area contributed by atoms with Gasteiger partial charge in [0.1, 0.15) is 6.10 Å². The van der Waals surface area contributed by atoms with Crippen LogP contribution in [0.3, 0.4) is 0 Å². The molecule has 0 aromatic heterocycles. The summed E-state index contributed by atoms with van der Waals surface area (Å²) in [6, 6.07) is 4.74. The van der Waals surface area contributed by atoms with Crippen molar-refractivity contribution in [3.8, 4) is 11.5 Å². The van der Waals surface area contributed by atoms with Crippen molar-refractivity contribution >= 4 is 12.4 Å². The van der Waals surface area contributed by atoms with Crippen LogP contribution in [0, 0.1) is 0 Å². The third kappa shape index (κ3) is 1.39. The molecule has 1 aromatic rings. The maximum atomic E-state index is 6.32. The van der Waals surface area contributed by atoms with Gasteiger partial charge in [0.15, 0.2) is 11.5 Å². The summed E-state index contributed by atoms with van der Waals surface area (Å²) in [6.45, 7) is 1.06. The lowest BCUT2D eigenvalue weighted by Gasteiger charge is -2.49. The zero-order valence-corrected chi connectivity index (χ0v) is 12.7. The quantitative estimate of drug-likeness (QED) is 0.865. The van der Waals surface area contributed by atoms with E-state index < -0.39 is 0 Å². The first kappa shape index (κ1) is 13.2.